The maximum absolute atomic E-state index is 13.3. The Hall–Kier alpha value is -3.13. The number of anilines is 1. The number of thiazole rings is 1. The molecule has 26 heavy (non-hydrogen) atoms. The third-order valence-corrected chi connectivity index (χ3v) is 4.68. The van der Waals surface area contributed by atoms with Gasteiger partial charge in [-0.25, -0.2) is 14.1 Å². The van der Waals surface area contributed by atoms with Gasteiger partial charge in [0.25, 0.3) is 5.91 Å². The molecule has 130 valence electrons. The number of hydrogen-bond acceptors (Lipinski definition) is 5. The zero-order chi connectivity index (χ0) is 18.1. The zero-order valence-electron chi connectivity index (χ0n) is 13.8. The van der Waals surface area contributed by atoms with Gasteiger partial charge in [-0.05, 0) is 37.3 Å². The van der Waals surface area contributed by atoms with Crippen molar-refractivity contribution >= 4 is 33.4 Å². The van der Waals surface area contributed by atoms with Crippen LogP contribution in [-0.4, -0.2) is 25.9 Å². The van der Waals surface area contributed by atoms with Crippen LogP contribution in [0, 0.1) is 5.82 Å². The summed E-state index contributed by atoms with van der Waals surface area (Å²) in [6, 6.07) is 11.4. The molecule has 0 fully saturated rings. The second kappa shape index (κ2) is 6.64. The number of halogens is 1. The van der Waals surface area contributed by atoms with Crippen molar-refractivity contribution in [3.05, 3.63) is 59.2 Å². The molecule has 1 amide bonds. The molecular weight excluding hydrogens is 353 g/mol. The highest BCUT2D eigenvalue weighted by molar-refractivity contribution is 7.14. The van der Waals surface area contributed by atoms with Crippen LogP contribution in [0.5, 0.6) is 0 Å². The van der Waals surface area contributed by atoms with Gasteiger partial charge in [0.1, 0.15) is 11.3 Å². The number of nitrogens with zero attached hydrogens (tertiary/aromatic N) is 4. The highest BCUT2D eigenvalue weighted by Crippen LogP contribution is 2.26. The van der Waals surface area contributed by atoms with Gasteiger partial charge in [-0.15, -0.1) is 16.4 Å². The molecule has 0 saturated carbocycles. The maximum Gasteiger partial charge on any atom is 0.257 e. The van der Waals surface area contributed by atoms with Gasteiger partial charge in [0, 0.05) is 23.1 Å². The van der Waals surface area contributed by atoms with Gasteiger partial charge < -0.3 is 0 Å². The first kappa shape index (κ1) is 16.3. The molecule has 0 atom stereocenters. The molecule has 8 heteroatoms. The van der Waals surface area contributed by atoms with Gasteiger partial charge in [0.15, 0.2) is 5.13 Å². The zero-order valence-corrected chi connectivity index (χ0v) is 14.6. The lowest BCUT2D eigenvalue weighted by Crippen LogP contribution is -2.11. The monoisotopic (exact) mass is 367 g/mol. The van der Waals surface area contributed by atoms with E-state index in [-0.39, 0.29) is 11.7 Å². The Morgan fingerprint density at radius 3 is 2.96 bits per heavy atom. The normalized spacial score (nSPS) is 11.0. The van der Waals surface area contributed by atoms with Crippen molar-refractivity contribution in [3.63, 3.8) is 0 Å². The number of amides is 1. The standard InChI is InChI=1S/C18H14FN5OS/c1-2-24-16-7-6-12(9-14(16)22-23-24)17(25)21-18-20-15(10-26-18)11-4-3-5-13(19)8-11/h3-10H,2H2,1H3,(H,20,21,25). The molecule has 0 radical (unpaired) electrons. The van der Waals surface area contributed by atoms with Gasteiger partial charge in [0.2, 0.25) is 0 Å². The summed E-state index contributed by atoms with van der Waals surface area (Å²) in [4.78, 5) is 16.8. The number of aromatic nitrogens is 4. The smallest absolute Gasteiger partial charge is 0.257 e. The molecule has 4 rings (SSSR count). The molecule has 0 aliphatic rings. The highest BCUT2D eigenvalue weighted by Gasteiger charge is 2.12. The molecule has 1 N–H and O–H groups in total. The van der Waals surface area contributed by atoms with E-state index in [2.05, 4.69) is 20.6 Å². The number of aryl methyl sites for hydroxylation is 1. The lowest BCUT2D eigenvalue weighted by atomic mass is 10.2. The van der Waals surface area contributed by atoms with E-state index in [1.807, 2.05) is 13.0 Å². The number of benzene rings is 2. The lowest BCUT2D eigenvalue weighted by molar-refractivity contribution is 0.102. The van der Waals surface area contributed by atoms with E-state index in [1.54, 1.807) is 34.3 Å². The lowest BCUT2D eigenvalue weighted by Gasteiger charge is -2.02. The molecular formula is C18H14FN5OS. The van der Waals surface area contributed by atoms with Crippen molar-refractivity contribution < 1.29 is 9.18 Å². The fourth-order valence-corrected chi connectivity index (χ4v) is 3.34. The summed E-state index contributed by atoms with van der Waals surface area (Å²) in [5.74, 6) is -0.604. The SMILES string of the molecule is CCn1nnc2cc(C(=O)Nc3nc(-c4cccc(F)c4)cs3)ccc21. The average molecular weight is 367 g/mol. The van der Waals surface area contributed by atoms with Crippen LogP contribution in [0.2, 0.25) is 0 Å². The highest BCUT2D eigenvalue weighted by atomic mass is 32.1. The molecule has 0 aliphatic carbocycles. The molecule has 2 heterocycles. The minimum atomic E-state index is -0.325. The summed E-state index contributed by atoms with van der Waals surface area (Å²) in [5.41, 5.74) is 3.31. The molecule has 0 spiro atoms. The minimum Gasteiger partial charge on any atom is -0.298 e. The van der Waals surface area contributed by atoms with Crippen LogP contribution in [0.4, 0.5) is 9.52 Å². The van der Waals surface area contributed by atoms with Crippen LogP contribution < -0.4 is 5.32 Å². The number of fused-ring (bicyclic) bond motifs is 1. The van der Waals surface area contributed by atoms with Gasteiger partial charge in [-0.2, -0.15) is 0 Å². The van der Waals surface area contributed by atoms with Gasteiger partial charge in [-0.1, -0.05) is 17.3 Å². The fraction of sp³-hybridized carbons (Fsp3) is 0.111. The molecule has 0 unspecified atom stereocenters. The summed E-state index contributed by atoms with van der Waals surface area (Å²) in [5, 5.41) is 13.1. The van der Waals surface area contributed by atoms with Crippen LogP contribution >= 0.6 is 11.3 Å². The van der Waals surface area contributed by atoms with Crippen molar-refractivity contribution in [3.8, 4) is 11.3 Å². The summed E-state index contributed by atoms with van der Waals surface area (Å²) in [6.45, 7) is 2.69. The third kappa shape index (κ3) is 3.06. The molecule has 6 nitrogen and oxygen atoms in total. The molecule has 2 aromatic heterocycles. The van der Waals surface area contributed by atoms with Crippen molar-refractivity contribution in [1.82, 2.24) is 20.0 Å². The molecule has 0 aliphatic heterocycles. The number of hydrogen-bond donors (Lipinski definition) is 1. The van der Waals surface area contributed by atoms with E-state index in [0.29, 0.717) is 34.0 Å². The summed E-state index contributed by atoms with van der Waals surface area (Å²) in [6.07, 6.45) is 0. The Balaban J connectivity index is 1.55. The Bertz CT molecular complexity index is 1100. The van der Waals surface area contributed by atoms with Gasteiger partial charge in [-0.3, -0.25) is 10.1 Å². The number of rotatable bonds is 4. The quantitative estimate of drug-likeness (QED) is 0.592. The van der Waals surface area contributed by atoms with Gasteiger partial charge >= 0.3 is 0 Å². The van der Waals surface area contributed by atoms with Crippen molar-refractivity contribution in [2.75, 3.05) is 5.32 Å². The fourth-order valence-electron chi connectivity index (χ4n) is 2.63. The summed E-state index contributed by atoms with van der Waals surface area (Å²) in [7, 11) is 0. The Labute approximate surface area is 152 Å². The Morgan fingerprint density at radius 2 is 2.15 bits per heavy atom. The Kier molecular flexibility index (Phi) is 4.18. The van der Waals surface area contributed by atoms with E-state index < -0.39 is 0 Å². The second-order valence-corrected chi connectivity index (χ2v) is 6.47. The molecule has 4 aromatic rings. The predicted octanol–water partition coefficient (Wildman–Crippen LogP) is 3.97. The maximum atomic E-state index is 13.3. The van der Waals surface area contributed by atoms with Crippen molar-refractivity contribution in [2.24, 2.45) is 0 Å². The number of carbonyl (C=O) groups excluding carboxylic acids is 1. The average Bonchev–Trinajstić information content (AvgIpc) is 3.27. The topological polar surface area (TPSA) is 72.7 Å². The van der Waals surface area contributed by atoms with Crippen LogP contribution in [0.15, 0.2) is 47.8 Å². The van der Waals surface area contributed by atoms with Crippen molar-refractivity contribution in [2.45, 2.75) is 13.5 Å². The molecule has 2 aromatic carbocycles. The number of carbonyl (C=O) groups is 1. The molecule has 0 bridgehead atoms. The van der Waals surface area contributed by atoms with Crippen LogP contribution in [0.3, 0.4) is 0 Å². The van der Waals surface area contributed by atoms with Crippen LogP contribution in [0.25, 0.3) is 22.3 Å². The van der Waals surface area contributed by atoms with E-state index in [4.69, 9.17) is 0 Å². The molecule has 0 saturated heterocycles. The first-order valence-electron chi connectivity index (χ1n) is 8.00. The largest absolute Gasteiger partial charge is 0.298 e. The first-order valence-corrected chi connectivity index (χ1v) is 8.88. The second-order valence-electron chi connectivity index (χ2n) is 5.61. The third-order valence-electron chi connectivity index (χ3n) is 3.92. The van der Waals surface area contributed by atoms with E-state index in [0.717, 1.165) is 5.52 Å². The van der Waals surface area contributed by atoms with E-state index in [9.17, 15) is 9.18 Å². The Morgan fingerprint density at radius 1 is 1.27 bits per heavy atom. The summed E-state index contributed by atoms with van der Waals surface area (Å²) >= 11 is 1.29. The van der Waals surface area contributed by atoms with Crippen LogP contribution in [0.1, 0.15) is 17.3 Å². The summed E-state index contributed by atoms with van der Waals surface area (Å²) < 4.78 is 15.1. The van der Waals surface area contributed by atoms with Gasteiger partial charge in [0.05, 0.1) is 11.2 Å². The number of nitrogens with one attached hydrogen (secondary N) is 1. The van der Waals surface area contributed by atoms with E-state index >= 15 is 0 Å². The van der Waals surface area contributed by atoms with Crippen LogP contribution in [-0.2, 0) is 6.54 Å². The predicted molar refractivity (Wildman–Crippen MR) is 98.7 cm³/mol. The minimum absolute atomic E-state index is 0.280. The first-order chi connectivity index (χ1) is 12.6. The van der Waals surface area contributed by atoms with Crippen molar-refractivity contribution in [1.29, 1.82) is 0 Å². The van der Waals surface area contributed by atoms with E-state index in [1.165, 1.54) is 23.5 Å².